The quantitative estimate of drug-likeness (QED) is 0.763. The molecule has 1 atom stereocenters. The Labute approximate surface area is 89.1 Å². The van der Waals surface area contributed by atoms with Crippen LogP contribution in [0.4, 0.5) is 0 Å². The monoisotopic (exact) mass is 211 g/mol. The van der Waals surface area contributed by atoms with Gasteiger partial charge in [-0.25, -0.2) is 4.98 Å². The topological polar surface area (TPSA) is 81.2 Å². The van der Waals surface area contributed by atoms with E-state index in [4.69, 9.17) is 10.2 Å². The maximum absolute atomic E-state index is 11.5. The van der Waals surface area contributed by atoms with Gasteiger partial charge in [-0.05, 0) is 12.8 Å². The molecule has 5 heteroatoms. The Hall–Kier alpha value is -1.36. The Morgan fingerprint density at radius 3 is 2.80 bits per heavy atom. The molecule has 0 aliphatic rings. The second kappa shape index (κ2) is 4.93. The van der Waals surface area contributed by atoms with Crippen LogP contribution < -0.4 is 11.1 Å². The van der Waals surface area contributed by atoms with Gasteiger partial charge in [0.05, 0.1) is 18.8 Å². The number of nitrogens with one attached hydrogen (secondary N) is 1. The summed E-state index contributed by atoms with van der Waals surface area (Å²) in [4.78, 5) is 15.4. The number of aromatic nitrogens is 1. The molecule has 0 saturated heterocycles. The number of rotatable bonds is 4. The number of nitrogens with two attached hydrogens (primary N) is 1. The Kier molecular flexibility index (Phi) is 3.85. The van der Waals surface area contributed by atoms with Crippen molar-refractivity contribution in [1.82, 2.24) is 10.3 Å². The third-order valence-electron chi connectivity index (χ3n) is 2.10. The van der Waals surface area contributed by atoms with Crippen LogP contribution in [0.15, 0.2) is 10.6 Å². The molecule has 1 aromatic rings. The lowest BCUT2D eigenvalue weighted by molar-refractivity contribution is -0.123. The van der Waals surface area contributed by atoms with Crippen molar-refractivity contribution in [3.63, 3.8) is 0 Å². The highest BCUT2D eigenvalue weighted by Gasteiger charge is 2.17. The van der Waals surface area contributed by atoms with Crippen LogP contribution >= 0.6 is 0 Å². The van der Waals surface area contributed by atoms with Crippen LogP contribution in [0, 0.1) is 12.8 Å². The molecular formula is C10H17N3O2. The summed E-state index contributed by atoms with van der Waals surface area (Å²) in [6.45, 7) is 5.89. The Bertz CT molecular complexity index is 333. The molecule has 1 aromatic heterocycles. The van der Waals surface area contributed by atoms with E-state index in [9.17, 15) is 4.79 Å². The van der Waals surface area contributed by atoms with Gasteiger partial charge < -0.3 is 15.5 Å². The van der Waals surface area contributed by atoms with Gasteiger partial charge in [-0.15, -0.1) is 0 Å². The van der Waals surface area contributed by atoms with Crippen LogP contribution in [0.5, 0.6) is 0 Å². The van der Waals surface area contributed by atoms with E-state index < -0.39 is 6.04 Å². The smallest absolute Gasteiger partial charge is 0.237 e. The van der Waals surface area contributed by atoms with E-state index >= 15 is 0 Å². The number of hydrogen-bond donors (Lipinski definition) is 2. The van der Waals surface area contributed by atoms with E-state index in [0.29, 0.717) is 5.89 Å². The first kappa shape index (κ1) is 11.7. The second-order valence-corrected chi connectivity index (χ2v) is 3.85. The predicted molar refractivity (Wildman–Crippen MR) is 55.9 cm³/mol. The highest BCUT2D eigenvalue weighted by Crippen LogP contribution is 2.02. The number of nitrogens with zero attached hydrogens (tertiary/aromatic N) is 1. The van der Waals surface area contributed by atoms with Gasteiger partial charge in [0.15, 0.2) is 0 Å². The number of aryl methyl sites for hydroxylation is 1. The van der Waals surface area contributed by atoms with Crippen molar-refractivity contribution in [1.29, 1.82) is 0 Å². The first-order valence-corrected chi connectivity index (χ1v) is 4.95. The molecule has 0 aliphatic carbocycles. The molecule has 1 rings (SSSR count). The molecule has 1 heterocycles. The van der Waals surface area contributed by atoms with Gasteiger partial charge in [-0.2, -0.15) is 0 Å². The Morgan fingerprint density at radius 2 is 2.33 bits per heavy atom. The molecule has 1 amide bonds. The fourth-order valence-electron chi connectivity index (χ4n) is 1.07. The zero-order valence-corrected chi connectivity index (χ0v) is 9.28. The minimum atomic E-state index is -0.485. The molecule has 0 aromatic carbocycles. The fraction of sp³-hybridized carbons (Fsp3) is 0.600. The van der Waals surface area contributed by atoms with E-state index in [1.807, 2.05) is 13.8 Å². The van der Waals surface area contributed by atoms with Crippen molar-refractivity contribution in [2.24, 2.45) is 11.7 Å². The van der Waals surface area contributed by atoms with Gasteiger partial charge >= 0.3 is 0 Å². The average molecular weight is 211 g/mol. The van der Waals surface area contributed by atoms with Crippen LogP contribution in [0.1, 0.15) is 25.5 Å². The molecule has 15 heavy (non-hydrogen) atoms. The first-order valence-electron chi connectivity index (χ1n) is 4.95. The van der Waals surface area contributed by atoms with Crippen LogP contribution in [0.2, 0.25) is 0 Å². The van der Waals surface area contributed by atoms with Gasteiger partial charge in [0.1, 0.15) is 5.76 Å². The van der Waals surface area contributed by atoms with E-state index in [1.165, 1.54) is 0 Å². The van der Waals surface area contributed by atoms with Gasteiger partial charge in [0, 0.05) is 0 Å². The Balaban J connectivity index is 2.40. The minimum absolute atomic E-state index is 0.122. The van der Waals surface area contributed by atoms with Gasteiger partial charge in [-0.1, -0.05) is 13.8 Å². The molecule has 3 N–H and O–H groups in total. The van der Waals surface area contributed by atoms with Gasteiger partial charge in [0.25, 0.3) is 0 Å². The van der Waals surface area contributed by atoms with Gasteiger partial charge in [-0.3, -0.25) is 4.79 Å². The summed E-state index contributed by atoms with van der Waals surface area (Å²) in [5.41, 5.74) is 5.67. The summed E-state index contributed by atoms with van der Waals surface area (Å²) in [5, 5.41) is 2.67. The van der Waals surface area contributed by atoms with Crippen molar-refractivity contribution in [3.05, 3.63) is 17.8 Å². The third kappa shape index (κ3) is 3.36. The molecule has 1 unspecified atom stereocenters. The number of hydrogen-bond acceptors (Lipinski definition) is 4. The van der Waals surface area contributed by atoms with Gasteiger partial charge in [0.2, 0.25) is 11.8 Å². The van der Waals surface area contributed by atoms with Crippen LogP contribution in [-0.4, -0.2) is 16.9 Å². The largest absolute Gasteiger partial charge is 0.444 e. The summed E-state index contributed by atoms with van der Waals surface area (Å²) >= 11 is 0. The van der Waals surface area contributed by atoms with Crippen molar-refractivity contribution in [3.8, 4) is 0 Å². The second-order valence-electron chi connectivity index (χ2n) is 3.85. The van der Waals surface area contributed by atoms with Crippen LogP contribution in [0.3, 0.4) is 0 Å². The summed E-state index contributed by atoms with van der Waals surface area (Å²) in [6.07, 6.45) is 1.61. The number of oxazole rings is 1. The summed E-state index contributed by atoms with van der Waals surface area (Å²) in [6, 6.07) is -0.485. The van der Waals surface area contributed by atoms with Crippen molar-refractivity contribution in [2.45, 2.75) is 33.4 Å². The number of amides is 1. The molecule has 5 nitrogen and oxygen atoms in total. The molecule has 0 radical (unpaired) electrons. The first-order chi connectivity index (χ1) is 7.00. The lowest BCUT2D eigenvalue weighted by Gasteiger charge is -2.14. The standard InChI is InChI=1S/C10H17N3O2/c1-6(2)9(11)10(14)13-5-8-12-4-7(3)15-8/h4,6,9H,5,11H2,1-3H3,(H,13,14). The minimum Gasteiger partial charge on any atom is -0.444 e. The third-order valence-corrected chi connectivity index (χ3v) is 2.10. The highest BCUT2D eigenvalue weighted by atomic mass is 16.4. The van der Waals surface area contributed by atoms with E-state index in [2.05, 4.69) is 10.3 Å². The molecular weight excluding hydrogens is 194 g/mol. The maximum atomic E-state index is 11.5. The maximum Gasteiger partial charge on any atom is 0.237 e. The average Bonchev–Trinajstić information content (AvgIpc) is 2.59. The van der Waals surface area contributed by atoms with Crippen LogP contribution in [0.25, 0.3) is 0 Å². The molecule has 0 fully saturated rings. The van der Waals surface area contributed by atoms with Crippen molar-refractivity contribution in [2.75, 3.05) is 0 Å². The van der Waals surface area contributed by atoms with Crippen LogP contribution in [-0.2, 0) is 11.3 Å². The normalized spacial score (nSPS) is 12.9. The number of carbonyl (C=O) groups is 1. The highest BCUT2D eigenvalue weighted by molar-refractivity contribution is 5.81. The summed E-state index contributed by atoms with van der Waals surface area (Å²) in [5.74, 6) is 1.17. The predicted octanol–water partition coefficient (Wildman–Crippen LogP) is 0.583. The molecule has 84 valence electrons. The zero-order valence-electron chi connectivity index (χ0n) is 9.28. The summed E-state index contributed by atoms with van der Waals surface area (Å²) in [7, 11) is 0. The lowest BCUT2D eigenvalue weighted by atomic mass is 10.1. The molecule has 0 bridgehead atoms. The number of carbonyl (C=O) groups excluding carboxylic acids is 1. The van der Waals surface area contributed by atoms with E-state index in [-0.39, 0.29) is 18.4 Å². The van der Waals surface area contributed by atoms with Crippen molar-refractivity contribution >= 4 is 5.91 Å². The summed E-state index contributed by atoms with van der Waals surface area (Å²) < 4.78 is 5.21. The Morgan fingerprint density at radius 1 is 1.67 bits per heavy atom. The zero-order chi connectivity index (χ0) is 11.4. The van der Waals surface area contributed by atoms with E-state index in [1.54, 1.807) is 13.1 Å². The SMILES string of the molecule is Cc1cnc(CNC(=O)C(N)C(C)C)o1. The lowest BCUT2D eigenvalue weighted by Crippen LogP contribution is -2.43. The molecule has 0 aliphatic heterocycles. The molecule has 0 spiro atoms. The van der Waals surface area contributed by atoms with Crippen molar-refractivity contribution < 1.29 is 9.21 Å². The fourth-order valence-corrected chi connectivity index (χ4v) is 1.07. The van der Waals surface area contributed by atoms with E-state index in [0.717, 1.165) is 5.76 Å². The molecule has 0 saturated carbocycles.